The summed E-state index contributed by atoms with van der Waals surface area (Å²) in [5.74, 6) is 5.86. The van der Waals surface area contributed by atoms with Crippen molar-refractivity contribution in [3.8, 4) is 11.8 Å². The van der Waals surface area contributed by atoms with Crippen LogP contribution in [0.15, 0.2) is 0 Å². The van der Waals surface area contributed by atoms with E-state index in [1.807, 2.05) is 20.8 Å². The first-order valence-corrected chi connectivity index (χ1v) is 4.65. The smallest absolute Gasteiger partial charge is 0.119 e. The van der Waals surface area contributed by atoms with Crippen molar-refractivity contribution >= 4 is 0 Å². The molecule has 0 aliphatic carbocycles. The predicted molar refractivity (Wildman–Crippen MR) is 52.8 cm³/mol. The van der Waals surface area contributed by atoms with E-state index in [2.05, 4.69) is 18.8 Å². The summed E-state index contributed by atoms with van der Waals surface area (Å²) in [7, 11) is 0. The van der Waals surface area contributed by atoms with Crippen LogP contribution in [0.1, 0.15) is 47.0 Å². The Bertz CT molecular complexity index is 166. The highest BCUT2D eigenvalue weighted by Crippen LogP contribution is 2.17. The zero-order valence-electron chi connectivity index (χ0n) is 8.65. The van der Waals surface area contributed by atoms with E-state index in [-0.39, 0.29) is 5.41 Å². The van der Waals surface area contributed by atoms with E-state index < -0.39 is 6.10 Å². The lowest BCUT2D eigenvalue weighted by Gasteiger charge is -2.20. The van der Waals surface area contributed by atoms with Crippen LogP contribution in [-0.4, -0.2) is 11.2 Å². The van der Waals surface area contributed by atoms with Crippen LogP contribution >= 0.6 is 0 Å². The lowest BCUT2D eigenvalue weighted by molar-refractivity contribution is 0.114. The molecular weight excluding hydrogens is 148 g/mol. The Morgan fingerprint density at radius 1 is 1.33 bits per heavy atom. The third kappa shape index (κ3) is 5.21. The highest BCUT2D eigenvalue weighted by molar-refractivity contribution is 5.07. The van der Waals surface area contributed by atoms with Crippen LogP contribution in [-0.2, 0) is 0 Å². The molecule has 0 saturated carbocycles. The number of rotatable bonds is 2. The number of aliphatic hydroxyl groups excluding tert-OH is 1. The molecule has 1 unspecified atom stereocenters. The van der Waals surface area contributed by atoms with E-state index in [1.165, 1.54) is 6.42 Å². The number of unbranched alkanes of at least 4 members (excludes halogenated alkanes) is 2. The van der Waals surface area contributed by atoms with Crippen LogP contribution in [0.2, 0.25) is 0 Å². The molecule has 0 bridgehead atoms. The number of aliphatic hydroxyl groups is 1. The molecule has 0 aromatic carbocycles. The van der Waals surface area contributed by atoms with Gasteiger partial charge in [-0.15, -0.1) is 5.92 Å². The normalized spacial score (nSPS) is 13.4. The zero-order valence-corrected chi connectivity index (χ0v) is 8.65. The second-order valence-electron chi connectivity index (χ2n) is 4.19. The maximum atomic E-state index is 9.51. The third-order valence-corrected chi connectivity index (χ3v) is 1.71. The number of hydrogen-bond donors (Lipinski definition) is 1. The molecule has 0 aliphatic rings. The van der Waals surface area contributed by atoms with Gasteiger partial charge in [-0.3, -0.25) is 0 Å². The Labute approximate surface area is 76.2 Å². The lowest BCUT2D eigenvalue weighted by atomic mass is 9.89. The third-order valence-electron chi connectivity index (χ3n) is 1.71. The van der Waals surface area contributed by atoms with Gasteiger partial charge in [0.25, 0.3) is 0 Å². The molecule has 0 fully saturated rings. The van der Waals surface area contributed by atoms with Gasteiger partial charge in [0, 0.05) is 6.42 Å². The molecule has 1 atom stereocenters. The van der Waals surface area contributed by atoms with Crippen LogP contribution in [0.25, 0.3) is 0 Å². The first kappa shape index (κ1) is 11.5. The molecule has 0 saturated heterocycles. The standard InChI is InChI=1S/C11H20O/c1-5-6-7-8-9-10(12)11(2,3)4/h10,12H,5-7H2,1-4H3. The second kappa shape index (κ2) is 5.22. The van der Waals surface area contributed by atoms with Crippen LogP contribution in [0.5, 0.6) is 0 Å². The van der Waals surface area contributed by atoms with E-state index in [0.717, 1.165) is 12.8 Å². The van der Waals surface area contributed by atoms with Crippen molar-refractivity contribution in [1.29, 1.82) is 0 Å². The minimum atomic E-state index is -0.491. The van der Waals surface area contributed by atoms with Crippen LogP contribution < -0.4 is 0 Å². The molecule has 0 radical (unpaired) electrons. The van der Waals surface area contributed by atoms with Gasteiger partial charge in [0.15, 0.2) is 0 Å². The van der Waals surface area contributed by atoms with Crippen LogP contribution in [0.4, 0.5) is 0 Å². The first-order valence-electron chi connectivity index (χ1n) is 4.65. The van der Waals surface area contributed by atoms with E-state index in [9.17, 15) is 5.11 Å². The molecule has 70 valence electrons. The lowest BCUT2D eigenvalue weighted by Crippen LogP contribution is -2.23. The summed E-state index contributed by atoms with van der Waals surface area (Å²) in [5, 5.41) is 9.51. The molecule has 12 heavy (non-hydrogen) atoms. The summed E-state index contributed by atoms with van der Waals surface area (Å²) in [6, 6.07) is 0. The van der Waals surface area contributed by atoms with Gasteiger partial charge in [-0.05, 0) is 11.8 Å². The summed E-state index contributed by atoms with van der Waals surface area (Å²) in [6.07, 6.45) is 2.71. The Morgan fingerprint density at radius 3 is 2.33 bits per heavy atom. The fourth-order valence-corrected chi connectivity index (χ4v) is 0.651. The van der Waals surface area contributed by atoms with E-state index in [4.69, 9.17) is 0 Å². The highest BCUT2D eigenvalue weighted by Gasteiger charge is 2.19. The molecule has 1 N–H and O–H groups in total. The summed E-state index contributed by atoms with van der Waals surface area (Å²) >= 11 is 0. The van der Waals surface area contributed by atoms with Gasteiger partial charge in [-0.25, -0.2) is 0 Å². The fourth-order valence-electron chi connectivity index (χ4n) is 0.651. The molecule has 1 heteroatoms. The average molecular weight is 168 g/mol. The Balaban J connectivity index is 3.79. The molecule has 0 amide bonds. The molecule has 1 nitrogen and oxygen atoms in total. The van der Waals surface area contributed by atoms with Gasteiger partial charge >= 0.3 is 0 Å². The molecule has 0 aromatic heterocycles. The van der Waals surface area contributed by atoms with Crippen molar-refractivity contribution in [1.82, 2.24) is 0 Å². The Hall–Kier alpha value is -0.480. The minimum absolute atomic E-state index is 0.112. The topological polar surface area (TPSA) is 20.2 Å². The highest BCUT2D eigenvalue weighted by atomic mass is 16.3. The largest absolute Gasteiger partial charge is 0.380 e. The van der Waals surface area contributed by atoms with E-state index in [1.54, 1.807) is 0 Å². The molecule has 0 aromatic rings. The van der Waals surface area contributed by atoms with Crippen LogP contribution in [0, 0.1) is 17.3 Å². The minimum Gasteiger partial charge on any atom is -0.380 e. The van der Waals surface area contributed by atoms with Gasteiger partial charge in [0.05, 0.1) is 0 Å². The SMILES string of the molecule is CCCCC#CC(O)C(C)(C)C. The summed E-state index contributed by atoms with van der Waals surface area (Å²) in [5.41, 5.74) is -0.112. The van der Waals surface area contributed by atoms with Gasteiger partial charge in [-0.2, -0.15) is 0 Å². The van der Waals surface area contributed by atoms with Crippen molar-refractivity contribution in [3.63, 3.8) is 0 Å². The van der Waals surface area contributed by atoms with Gasteiger partial charge < -0.3 is 5.11 Å². The Morgan fingerprint density at radius 2 is 1.92 bits per heavy atom. The van der Waals surface area contributed by atoms with Crippen molar-refractivity contribution in [2.45, 2.75) is 53.1 Å². The van der Waals surface area contributed by atoms with Crippen molar-refractivity contribution < 1.29 is 5.11 Å². The van der Waals surface area contributed by atoms with Crippen molar-refractivity contribution in [3.05, 3.63) is 0 Å². The maximum absolute atomic E-state index is 9.51. The zero-order chi connectivity index (χ0) is 9.61. The summed E-state index contributed by atoms with van der Waals surface area (Å²) in [4.78, 5) is 0. The Kier molecular flexibility index (Phi) is 5.01. The molecular formula is C11H20O. The predicted octanol–water partition coefficient (Wildman–Crippen LogP) is 2.59. The summed E-state index contributed by atoms with van der Waals surface area (Å²) < 4.78 is 0. The first-order chi connectivity index (χ1) is 5.48. The molecule has 0 heterocycles. The van der Waals surface area contributed by atoms with E-state index >= 15 is 0 Å². The molecule has 0 aliphatic heterocycles. The van der Waals surface area contributed by atoms with Gasteiger partial charge in [0.2, 0.25) is 0 Å². The second-order valence-corrected chi connectivity index (χ2v) is 4.19. The molecule has 0 spiro atoms. The fraction of sp³-hybridized carbons (Fsp3) is 0.818. The molecule has 0 rings (SSSR count). The van der Waals surface area contributed by atoms with Gasteiger partial charge in [-0.1, -0.05) is 40.0 Å². The van der Waals surface area contributed by atoms with Crippen molar-refractivity contribution in [2.75, 3.05) is 0 Å². The number of hydrogen-bond acceptors (Lipinski definition) is 1. The van der Waals surface area contributed by atoms with E-state index in [0.29, 0.717) is 0 Å². The quantitative estimate of drug-likeness (QED) is 0.496. The maximum Gasteiger partial charge on any atom is 0.119 e. The summed E-state index contributed by atoms with van der Waals surface area (Å²) in [6.45, 7) is 8.12. The van der Waals surface area contributed by atoms with Crippen LogP contribution in [0.3, 0.4) is 0 Å². The average Bonchev–Trinajstić information content (AvgIpc) is 1.96. The van der Waals surface area contributed by atoms with Gasteiger partial charge in [0.1, 0.15) is 6.10 Å². The van der Waals surface area contributed by atoms with Crippen molar-refractivity contribution in [2.24, 2.45) is 5.41 Å². The monoisotopic (exact) mass is 168 g/mol.